The first kappa shape index (κ1) is 17.9. The van der Waals surface area contributed by atoms with E-state index in [9.17, 15) is 9.90 Å². The van der Waals surface area contributed by atoms with Gasteiger partial charge in [0.25, 0.3) is 5.91 Å². The molecule has 3 aromatic heterocycles. The molecule has 1 amide bonds. The molecule has 1 atom stereocenters. The topological polar surface area (TPSA) is 84.5 Å². The van der Waals surface area contributed by atoms with Crippen LogP contribution in [0.2, 0.25) is 0 Å². The van der Waals surface area contributed by atoms with Crippen LogP contribution in [0.3, 0.4) is 0 Å². The second-order valence-corrected chi connectivity index (χ2v) is 6.72. The molecule has 0 aliphatic rings. The summed E-state index contributed by atoms with van der Waals surface area (Å²) in [4.78, 5) is 12.8. The number of aliphatic hydroxyl groups excluding tert-OH is 1. The van der Waals surface area contributed by atoms with Gasteiger partial charge in [-0.15, -0.1) is 10.2 Å². The number of benzene rings is 1. The molecule has 7 nitrogen and oxygen atoms in total. The van der Waals surface area contributed by atoms with Crippen LogP contribution < -0.4 is 5.32 Å². The zero-order chi connectivity index (χ0) is 19.5. The molecule has 3 heterocycles. The monoisotopic (exact) mass is 375 g/mol. The van der Waals surface area contributed by atoms with Crippen LogP contribution in [-0.4, -0.2) is 42.8 Å². The molecular weight excluding hydrogens is 354 g/mol. The zero-order valence-corrected chi connectivity index (χ0v) is 15.5. The largest absolute Gasteiger partial charge is 0.394 e. The third kappa shape index (κ3) is 3.52. The Hall–Kier alpha value is -3.45. The van der Waals surface area contributed by atoms with Crippen molar-refractivity contribution in [1.82, 2.24) is 24.5 Å². The fraction of sp³-hybridized carbons (Fsp3) is 0.190. The lowest BCUT2D eigenvalue weighted by Gasteiger charge is -2.16. The quantitative estimate of drug-likeness (QED) is 0.540. The Labute approximate surface area is 162 Å². The van der Waals surface area contributed by atoms with Crippen molar-refractivity contribution in [3.63, 3.8) is 0 Å². The molecule has 2 N–H and O–H groups in total. The molecule has 0 saturated heterocycles. The predicted octanol–water partition coefficient (Wildman–Crippen LogP) is 2.07. The van der Waals surface area contributed by atoms with Gasteiger partial charge >= 0.3 is 0 Å². The first-order valence-corrected chi connectivity index (χ1v) is 9.08. The first-order valence-electron chi connectivity index (χ1n) is 9.08. The lowest BCUT2D eigenvalue weighted by atomic mass is 10.1. The molecule has 0 unspecified atom stereocenters. The lowest BCUT2D eigenvalue weighted by molar-refractivity contribution is 0.0916. The van der Waals surface area contributed by atoms with E-state index in [0.717, 1.165) is 11.3 Å². The van der Waals surface area contributed by atoms with Crippen molar-refractivity contribution >= 4 is 11.6 Å². The third-order valence-corrected chi connectivity index (χ3v) is 4.72. The fourth-order valence-corrected chi connectivity index (χ4v) is 3.22. The van der Waals surface area contributed by atoms with Crippen LogP contribution in [-0.2, 0) is 13.5 Å². The van der Waals surface area contributed by atoms with Crippen molar-refractivity contribution in [2.45, 2.75) is 12.5 Å². The number of amides is 1. The minimum Gasteiger partial charge on any atom is -0.394 e. The van der Waals surface area contributed by atoms with E-state index < -0.39 is 0 Å². The number of carbonyl (C=O) groups excluding carboxylic acids is 1. The van der Waals surface area contributed by atoms with E-state index in [4.69, 9.17) is 0 Å². The Balaban J connectivity index is 1.58. The lowest BCUT2D eigenvalue weighted by Crippen LogP contribution is -2.39. The molecule has 0 fully saturated rings. The highest BCUT2D eigenvalue weighted by Crippen LogP contribution is 2.19. The second-order valence-electron chi connectivity index (χ2n) is 6.72. The van der Waals surface area contributed by atoms with Crippen molar-refractivity contribution in [2.75, 3.05) is 6.61 Å². The summed E-state index contributed by atoms with van der Waals surface area (Å²) in [6.45, 7) is -0.135. The molecule has 1 aromatic carbocycles. The number of hydrogen-bond donors (Lipinski definition) is 2. The molecule has 0 aliphatic carbocycles. The van der Waals surface area contributed by atoms with Gasteiger partial charge in [0.2, 0.25) is 0 Å². The summed E-state index contributed by atoms with van der Waals surface area (Å²) in [5.41, 5.74) is 3.11. The van der Waals surface area contributed by atoms with Gasteiger partial charge in [-0.3, -0.25) is 9.20 Å². The summed E-state index contributed by atoms with van der Waals surface area (Å²) in [7, 11) is 1.93. The number of nitrogens with one attached hydrogen (secondary N) is 1. The highest BCUT2D eigenvalue weighted by atomic mass is 16.3. The molecule has 142 valence electrons. The van der Waals surface area contributed by atoms with Crippen LogP contribution in [0, 0.1) is 0 Å². The van der Waals surface area contributed by atoms with Crippen molar-refractivity contribution in [3.05, 3.63) is 78.1 Å². The van der Waals surface area contributed by atoms with Gasteiger partial charge in [0.1, 0.15) is 0 Å². The van der Waals surface area contributed by atoms with Gasteiger partial charge in [-0.2, -0.15) is 0 Å². The summed E-state index contributed by atoms with van der Waals surface area (Å²) < 4.78 is 3.75. The van der Waals surface area contributed by atoms with Crippen molar-refractivity contribution in [1.29, 1.82) is 0 Å². The summed E-state index contributed by atoms with van der Waals surface area (Å²) >= 11 is 0. The molecule has 0 saturated carbocycles. The molecule has 0 radical (unpaired) electrons. The number of pyridine rings is 1. The summed E-state index contributed by atoms with van der Waals surface area (Å²) in [6, 6.07) is 16.8. The van der Waals surface area contributed by atoms with E-state index in [1.165, 1.54) is 0 Å². The third-order valence-electron chi connectivity index (χ3n) is 4.72. The van der Waals surface area contributed by atoms with E-state index in [2.05, 4.69) is 15.5 Å². The SMILES string of the molecule is Cn1cccc1-c1nnc2ccc(C(=O)N[C@@H](CO)Cc3ccccc3)cn12. The van der Waals surface area contributed by atoms with Gasteiger partial charge in [-0.05, 0) is 36.2 Å². The van der Waals surface area contributed by atoms with Gasteiger partial charge < -0.3 is 15.0 Å². The maximum atomic E-state index is 12.8. The average molecular weight is 375 g/mol. The van der Waals surface area contributed by atoms with E-state index in [1.807, 2.05) is 60.3 Å². The number of hydrogen-bond acceptors (Lipinski definition) is 4. The Bertz CT molecular complexity index is 1100. The standard InChI is InChI=1S/C21H21N5O2/c1-25-11-5-8-18(25)20-24-23-19-10-9-16(13-26(19)20)21(28)22-17(14-27)12-15-6-3-2-4-7-15/h2-11,13,17,27H,12,14H2,1H3,(H,22,28)/t17-/m1/s1. The number of nitrogens with zero attached hydrogens (tertiary/aromatic N) is 4. The van der Waals surface area contributed by atoms with Gasteiger partial charge in [-0.1, -0.05) is 30.3 Å². The molecule has 0 aliphatic heterocycles. The van der Waals surface area contributed by atoms with Crippen LogP contribution >= 0.6 is 0 Å². The van der Waals surface area contributed by atoms with Gasteiger partial charge in [0.15, 0.2) is 11.5 Å². The van der Waals surface area contributed by atoms with E-state index in [0.29, 0.717) is 23.5 Å². The predicted molar refractivity (Wildman–Crippen MR) is 106 cm³/mol. The van der Waals surface area contributed by atoms with Crippen LogP contribution in [0.4, 0.5) is 0 Å². The Morgan fingerprint density at radius 2 is 1.93 bits per heavy atom. The highest BCUT2D eigenvalue weighted by molar-refractivity contribution is 5.94. The van der Waals surface area contributed by atoms with Crippen molar-refractivity contribution < 1.29 is 9.90 Å². The minimum absolute atomic E-state index is 0.135. The molecule has 4 aromatic rings. The number of aryl methyl sites for hydroxylation is 1. The summed E-state index contributed by atoms with van der Waals surface area (Å²) in [5, 5.41) is 21.0. The van der Waals surface area contributed by atoms with Crippen LogP contribution in [0.15, 0.2) is 67.0 Å². The van der Waals surface area contributed by atoms with E-state index >= 15 is 0 Å². The van der Waals surface area contributed by atoms with Crippen molar-refractivity contribution in [2.24, 2.45) is 7.05 Å². The fourth-order valence-electron chi connectivity index (χ4n) is 3.22. The van der Waals surface area contributed by atoms with Gasteiger partial charge in [0.05, 0.1) is 23.9 Å². The number of aliphatic hydroxyl groups is 1. The van der Waals surface area contributed by atoms with Crippen molar-refractivity contribution in [3.8, 4) is 11.5 Å². The zero-order valence-electron chi connectivity index (χ0n) is 15.5. The minimum atomic E-state index is -0.362. The maximum absolute atomic E-state index is 12.8. The molecule has 4 rings (SSSR count). The Morgan fingerprint density at radius 3 is 2.64 bits per heavy atom. The van der Waals surface area contributed by atoms with E-state index in [1.54, 1.807) is 22.7 Å². The molecular formula is C21H21N5O2. The van der Waals surface area contributed by atoms with Gasteiger partial charge in [-0.25, -0.2) is 0 Å². The van der Waals surface area contributed by atoms with Crippen LogP contribution in [0.25, 0.3) is 17.2 Å². The number of carbonyl (C=O) groups is 1. The molecule has 7 heteroatoms. The van der Waals surface area contributed by atoms with Crippen LogP contribution in [0.1, 0.15) is 15.9 Å². The molecule has 0 spiro atoms. The maximum Gasteiger partial charge on any atom is 0.253 e. The smallest absolute Gasteiger partial charge is 0.253 e. The molecule has 28 heavy (non-hydrogen) atoms. The number of fused-ring (bicyclic) bond motifs is 1. The Kier molecular flexibility index (Phi) is 4.90. The van der Waals surface area contributed by atoms with Crippen LogP contribution in [0.5, 0.6) is 0 Å². The number of aromatic nitrogens is 4. The highest BCUT2D eigenvalue weighted by Gasteiger charge is 2.16. The van der Waals surface area contributed by atoms with E-state index in [-0.39, 0.29) is 18.6 Å². The molecule has 0 bridgehead atoms. The first-order chi connectivity index (χ1) is 13.7. The Morgan fingerprint density at radius 1 is 1.11 bits per heavy atom. The number of rotatable bonds is 6. The van der Waals surface area contributed by atoms with Gasteiger partial charge in [0, 0.05) is 19.4 Å². The summed E-state index contributed by atoms with van der Waals surface area (Å²) in [6.07, 6.45) is 4.22. The summed E-state index contributed by atoms with van der Waals surface area (Å²) in [5.74, 6) is 0.420. The normalized spacial score (nSPS) is 12.2. The second kappa shape index (κ2) is 7.66. The average Bonchev–Trinajstić information content (AvgIpc) is 3.33.